The second kappa shape index (κ2) is 6.89. The zero-order chi connectivity index (χ0) is 15.2. The predicted octanol–water partition coefficient (Wildman–Crippen LogP) is 4.57. The number of aliphatic imine (C=N–C) groups is 1. The summed E-state index contributed by atoms with van der Waals surface area (Å²) in [4.78, 5) is 6.16. The van der Waals surface area contributed by atoms with Crippen LogP contribution < -0.4 is 4.90 Å². The van der Waals surface area contributed by atoms with Gasteiger partial charge >= 0.3 is 0 Å². The van der Waals surface area contributed by atoms with Gasteiger partial charge in [0.25, 0.3) is 0 Å². The molecule has 0 aliphatic rings. The van der Waals surface area contributed by atoms with Gasteiger partial charge in [0.2, 0.25) is 0 Å². The normalized spacial score (nSPS) is 12.7. The van der Waals surface area contributed by atoms with Gasteiger partial charge in [0.05, 0.1) is 0 Å². The molecule has 0 N–H and O–H groups in total. The van der Waals surface area contributed by atoms with E-state index in [1.165, 1.54) is 27.6 Å². The lowest BCUT2D eigenvalue weighted by molar-refractivity contribution is 1.14. The summed E-state index contributed by atoms with van der Waals surface area (Å²) in [5.74, 6) is 0. The molecule has 0 amide bonds. The molecule has 21 heavy (non-hydrogen) atoms. The molecule has 0 aromatic heterocycles. The van der Waals surface area contributed by atoms with Crippen LogP contribution in [0.25, 0.3) is 16.3 Å². The first-order valence-electron chi connectivity index (χ1n) is 7.12. The summed E-state index contributed by atoms with van der Waals surface area (Å²) in [7, 11) is 5.91. The lowest BCUT2D eigenvalue weighted by atomic mass is 10.0. The maximum atomic E-state index is 4.04. The molecule has 0 spiro atoms. The Hall–Kier alpha value is -2.35. The number of rotatable bonds is 4. The van der Waals surface area contributed by atoms with Gasteiger partial charge in [0.1, 0.15) is 0 Å². The quantitative estimate of drug-likeness (QED) is 0.591. The summed E-state index contributed by atoms with van der Waals surface area (Å²) >= 11 is 0. The van der Waals surface area contributed by atoms with Gasteiger partial charge in [0, 0.05) is 33.0 Å². The fraction of sp³-hybridized carbons (Fsp3) is 0.211. The van der Waals surface area contributed by atoms with E-state index in [-0.39, 0.29) is 0 Å². The van der Waals surface area contributed by atoms with Crippen molar-refractivity contribution in [2.45, 2.75) is 6.92 Å². The Morgan fingerprint density at radius 2 is 1.76 bits per heavy atom. The molecule has 0 radical (unpaired) electrons. The van der Waals surface area contributed by atoms with E-state index in [0.29, 0.717) is 0 Å². The lowest BCUT2D eigenvalue weighted by Gasteiger charge is -2.13. The Labute approximate surface area is 127 Å². The molecule has 2 aromatic rings. The molecule has 2 heteroatoms. The van der Waals surface area contributed by atoms with Gasteiger partial charge in [-0.15, -0.1) is 0 Å². The van der Waals surface area contributed by atoms with Crippen molar-refractivity contribution in [1.82, 2.24) is 0 Å². The van der Waals surface area contributed by atoms with Gasteiger partial charge in [-0.25, -0.2) is 0 Å². The van der Waals surface area contributed by atoms with Crippen LogP contribution in [-0.2, 0) is 0 Å². The number of allylic oxidation sites excluding steroid dienone is 4. The average molecular weight is 278 g/mol. The van der Waals surface area contributed by atoms with Crippen molar-refractivity contribution in [2.75, 3.05) is 26.0 Å². The Morgan fingerprint density at radius 1 is 1.05 bits per heavy atom. The summed E-state index contributed by atoms with van der Waals surface area (Å²) in [6, 6.07) is 13.1. The highest BCUT2D eigenvalue weighted by Gasteiger charge is 2.02. The summed E-state index contributed by atoms with van der Waals surface area (Å²) in [6.07, 6.45) is 8.02. The molecule has 0 saturated carbocycles. The van der Waals surface area contributed by atoms with Gasteiger partial charge in [0.15, 0.2) is 0 Å². The van der Waals surface area contributed by atoms with Crippen molar-refractivity contribution >= 4 is 28.2 Å². The highest BCUT2D eigenvalue weighted by Crippen LogP contribution is 2.25. The topological polar surface area (TPSA) is 15.6 Å². The molecule has 0 unspecified atom stereocenters. The van der Waals surface area contributed by atoms with Crippen molar-refractivity contribution < 1.29 is 0 Å². The van der Waals surface area contributed by atoms with E-state index in [4.69, 9.17) is 0 Å². The number of anilines is 1. The highest BCUT2D eigenvalue weighted by atomic mass is 15.1. The molecule has 108 valence electrons. The molecule has 0 heterocycles. The molecule has 0 bridgehead atoms. The van der Waals surface area contributed by atoms with E-state index in [1.54, 1.807) is 7.05 Å². The third-order valence-electron chi connectivity index (χ3n) is 3.42. The smallest absolute Gasteiger partial charge is 0.0367 e. The molecule has 2 rings (SSSR count). The van der Waals surface area contributed by atoms with Gasteiger partial charge in [-0.2, -0.15) is 0 Å². The van der Waals surface area contributed by atoms with Crippen LogP contribution in [0.2, 0.25) is 0 Å². The Balaban J connectivity index is 2.49. The maximum Gasteiger partial charge on any atom is 0.0367 e. The van der Waals surface area contributed by atoms with Crippen molar-refractivity contribution in [3.8, 4) is 0 Å². The van der Waals surface area contributed by atoms with Crippen molar-refractivity contribution in [1.29, 1.82) is 0 Å². The number of hydrogen-bond acceptors (Lipinski definition) is 2. The van der Waals surface area contributed by atoms with E-state index < -0.39 is 0 Å². The van der Waals surface area contributed by atoms with E-state index in [0.717, 1.165) is 0 Å². The Bertz CT molecular complexity index is 707. The molecule has 0 aliphatic heterocycles. The van der Waals surface area contributed by atoms with E-state index in [1.807, 2.05) is 19.2 Å². The molecule has 0 fully saturated rings. The third kappa shape index (κ3) is 3.60. The fourth-order valence-electron chi connectivity index (χ4n) is 2.27. The maximum absolute atomic E-state index is 4.04. The Kier molecular flexibility index (Phi) is 4.94. The summed E-state index contributed by atoms with van der Waals surface area (Å²) in [5, 5.41) is 2.51. The van der Waals surface area contributed by atoms with Crippen LogP contribution in [0.4, 0.5) is 5.69 Å². The molecular formula is C19H22N2. The van der Waals surface area contributed by atoms with Gasteiger partial charge in [-0.05, 0) is 53.1 Å². The molecule has 0 atom stereocenters. The molecule has 2 aromatic carbocycles. The average Bonchev–Trinajstić information content (AvgIpc) is 2.50. The number of benzene rings is 2. The van der Waals surface area contributed by atoms with Crippen LogP contribution in [-0.4, -0.2) is 27.4 Å². The molecule has 0 saturated heterocycles. The number of nitrogens with zero attached hydrogens (tertiary/aromatic N) is 2. The van der Waals surface area contributed by atoms with Crippen LogP contribution in [0.1, 0.15) is 12.5 Å². The van der Waals surface area contributed by atoms with Crippen LogP contribution in [0.3, 0.4) is 0 Å². The molecular weight excluding hydrogens is 256 g/mol. The van der Waals surface area contributed by atoms with Gasteiger partial charge < -0.3 is 4.90 Å². The fourth-order valence-corrected chi connectivity index (χ4v) is 2.27. The van der Waals surface area contributed by atoms with E-state index in [9.17, 15) is 0 Å². The largest absolute Gasteiger partial charge is 0.378 e. The van der Waals surface area contributed by atoms with E-state index >= 15 is 0 Å². The van der Waals surface area contributed by atoms with Gasteiger partial charge in [-0.1, -0.05) is 30.4 Å². The third-order valence-corrected chi connectivity index (χ3v) is 3.42. The first-order chi connectivity index (χ1) is 10.2. The number of hydrogen-bond donors (Lipinski definition) is 0. The standard InChI is InChI=1S/C19H22N2/c1-5-6-15(11-12-20-2)16-7-8-18-14-19(21(3)4)10-9-17(18)13-16/h5-14H,1-4H3/b6-5-,15-11+,20-12+. The minimum absolute atomic E-state index is 1.17. The SMILES string of the molecule is C\C=C/C(=C\C=N\C)c1ccc2cc(N(C)C)ccc2c1. The minimum atomic E-state index is 1.17. The summed E-state index contributed by atoms with van der Waals surface area (Å²) < 4.78 is 0. The number of fused-ring (bicyclic) bond motifs is 1. The van der Waals surface area contributed by atoms with Gasteiger partial charge in [-0.3, -0.25) is 4.99 Å². The summed E-state index contributed by atoms with van der Waals surface area (Å²) in [6.45, 7) is 2.03. The first-order valence-corrected chi connectivity index (χ1v) is 7.12. The zero-order valence-corrected chi connectivity index (χ0v) is 13.2. The summed E-state index contributed by atoms with van der Waals surface area (Å²) in [5.41, 5.74) is 3.59. The van der Waals surface area contributed by atoms with Crippen LogP contribution >= 0.6 is 0 Å². The van der Waals surface area contributed by atoms with Crippen molar-refractivity contribution in [3.05, 3.63) is 60.2 Å². The monoisotopic (exact) mass is 278 g/mol. The molecule has 2 nitrogen and oxygen atoms in total. The lowest BCUT2D eigenvalue weighted by Crippen LogP contribution is -2.07. The zero-order valence-electron chi connectivity index (χ0n) is 13.2. The van der Waals surface area contributed by atoms with Crippen LogP contribution in [0.5, 0.6) is 0 Å². The predicted molar refractivity (Wildman–Crippen MR) is 95.5 cm³/mol. The molecule has 0 aliphatic carbocycles. The second-order valence-corrected chi connectivity index (χ2v) is 5.17. The highest BCUT2D eigenvalue weighted by molar-refractivity contribution is 5.93. The van der Waals surface area contributed by atoms with Crippen LogP contribution in [0, 0.1) is 0 Å². The van der Waals surface area contributed by atoms with Crippen molar-refractivity contribution in [2.24, 2.45) is 4.99 Å². The van der Waals surface area contributed by atoms with Crippen LogP contribution in [0.15, 0.2) is 59.6 Å². The van der Waals surface area contributed by atoms with E-state index in [2.05, 4.69) is 72.5 Å². The first kappa shape index (κ1) is 15.0. The minimum Gasteiger partial charge on any atom is -0.378 e. The second-order valence-electron chi connectivity index (χ2n) is 5.17. The Morgan fingerprint density at radius 3 is 2.43 bits per heavy atom. The van der Waals surface area contributed by atoms with Crippen molar-refractivity contribution in [3.63, 3.8) is 0 Å².